The second-order valence-corrected chi connectivity index (χ2v) is 7.44. The number of nitrogens with zero attached hydrogens (tertiary/aromatic N) is 2. The van der Waals surface area contributed by atoms with Crippen LogP contribution in [0.2, 0.25) is 0 Å². The van der Waals surface area contributed by atoms with Crippen molar-refractivity contribution in [3.8, 4) is 22.9 Å². The molecule has 3 aromatic rings. The van der Waals surface area contributed by atoms with Gasteiger partial charge in [-0.25, -0.2) is 8.42 Å². The summed E-state index contributed by atoms with van der Waals surface area (Å²) in [7, 11) is -0.901. The van der Waals surface area contributed by atoms with Crippen LogP contribution in [0, 0.1) is 13.8 Å². The molecule has 27 heavy (non-hydrogen) atoms. The molecule has 0 atom stereocenters. The van der Waals surface area contributed by atoms with Gasteiger partial charge >= 0.3 is 0 Å². The topological polar surface area (TPSA) is 104 Å². The first-order valence-electron chi connectivity index (χ1n) is 8.00. The van der Waals surface area contributed by atoms with Crippen LogP contribution >= 0.6 is 0 Å². The standard InChI is InChI=1S/C18H19N3O5S/c1-11-5-6-13(18-19-12(2)26-20-18)9-17(11)27(22,23)21-15-8-7-14(24-3)10-16(15)25-4/h5-10,21H,1-4H3. The zero-order valence-electron chi connectivity index (χ0n) is 15.3. The van der Waals surface area contributed by atoms with E-state index in [1.807, 2.05) is 0 Å². The van der Waals surface area contributed by atoms with E-state index in [1.54, 1.807) is 44.2 Å². The van der Waals surface area contributed by atoms with Crippen molar-refractivity contribution in [2.24, 2.45) is 0 Å². The molecule has 0 spiro atoms. The van der Waals surface area contributed by atoms with Crippen LogP contribution in [0.25, 0.3) is 11.4 Å². The molecule has 0 radical (unpaired) electrons. The minimum absolute atomic E-state index is 0.111. The lowest BCUT2D eigenvalue weighted by Crippen LogP contribution is -2.15. The van der Waals surface area contributed by atoms with Crippen LogP contribution < -0.4 is 14.2 Å². The van der Waals surface area contributed by atoms with Crippen LogP contribution in [0.5, 0.6) is 11.5 Å². The van der Waals surface area contributed by atoms with E-state index in [2.05, 4.69) is 14.9 Å². The van der Waals surface area contributed by atoms with E-state index in [0.717, 1.165) is 0 Å². The first-order valence-corrected chi connectivity index (χ1v) is 9.48. The molecule has 0 aliphatic rings. The molecule has 0 aliphatic carbocycles. The fourth-order valence-electron chi connectivity index (χ4n) is 2.53. The Balaban J connectivity index is 2.00. The number of benzene rings is 2. The van der Waals surface area contributed by atoms with E-state index in [4.69, 9.17) is 14.0 Å². The van der Waals surface area contributed by atoms with Gasteiger partial charge in [0, 0.05) is 18.6 Å². The summed E-state index contributed by atoms with van der Waals surface area (Å²) in [6.07, 6.45) is 0. The maximum atomic E-state index is 13.0. The first kappa shape index (κ1) is 18.7. The Morgan fingerprint density at radius 2 is 1.81 bits per heavy atom. The predicted molar refractivity (Wildman–Crippen MR) is 99.6 cm³/mol. The van der Waals surface area contributed by atoms with Crippen molar-refractivity contribution in [1.29, 1.82) is 0 Å². The number of methoxy groups -OCH3 is 2. The summed E-state index contributed by atoms with van der Waals surface area (Å²) in [5.74, 6) is 1.63. The Kier molecular flexibility index (Phi) is 5.04. The van der Waals surface area contributed by atoms with Gasteiger partial charge in [0.2, 0.25) is 11.7 Å². The van der Waals surface area contributed by atoms with Crippen LogP contribution in [0.3, 0.4) is 0 Å². The average Bonchev–Trinajstić information content (AvgIpc) is 3.08. The number of nitrogens with one attached hydrogen (secondary N) is 1. The zero-order chi connectivity index (χ0) is 19.6. The summed E-state index contributed by atoms with van der Waals surface area (Å²) in [4.78, 5) is 4.25. The SMILES string of the molecule is COc1ccc(NS(=O)(=O)c2cc(-c3noc(C)n3)ccc2C)c(OC)c1. The zero-order valence-corrected chi connectivity index (χ0v) is 16.1. The molecule has 3 rings (SSSR count). The summed E-state index contributed by atoms with van der Waals surface area (Å²) in [6.45, 7) is 3.38. The van der Waals surface area contributed by atoms with Crippen molar-refractivity contribution in [2.75, 3.05) is 18.9 Å². The predicted octanol–water partition coefficient (Wildman–Crippen LogP) is 3.17. The second kappa shape index (κ2) is 7.28. The lowest BCUT2D eigenvalue weighted by molar-refractivity contribution is 0.394. The molecule has 142 valence electrons. The number of hydrogen-bond donors (Lipinski definition) is 1. The van der Waals surface area contributed by atoms with Crippen LogP contribution in [-0.2, 0) is 10.0 Å². The molecule has 0 saturated carbocycles. The molecule has 8 nitrogen and oxygen atoms in total. The molecule has 0 amide bonds. The number of ether oxygens (including phenoxy) is 2. The van der Waals surface area contributed by atoms with Crippen LogP contribution in [-0.4, -0.2) is 32.8 Å². The van der Waals surface area contributed by atoms with Gasteiger partial charge in [0.1, 0.15) is 11.5 Å². The smallest absolute Gasteiger partial charge is 0.262 e. The van der Waals surface area contributed by atoms with Gasteiger partial charge in [-0.2, -0.15) is 4.98 Å². The number of aromatic nitrogens is 2. The molecule has 1 N–H and O–H groups in total. The van der Waals surface area contributed by atoms with Gasteiger partial charge in [-0.15, -0.1) is 0 Å². The Morgan fingerprint density at radius 3 is 2.44 bits per heavy atom. The van der Waals surface area contributed by atoms with Crippen LogP contribution in [0.4, 0.5) is 5.69 Å². The molecule has 2 aromatic carbocycles. The second-order valence-electron chi connectivity index (χ2n) is 5.79. The van der Waals surface area contributed by atoms with Crippen molar-refractivity contribution in [3.05, 3.63) is 47.9 Å². The fourth-order valence-corrected chi connectivity index (χ4v) is 3.87. The van der Waals surface area contributed by atoms with Gasteiger partial charge in [0.25, 0.3) is 10.0 Å². The Morgan fingerprint density at radius 1 is 1.04 bits per heavy atom. The summed E-state index contributed by atoms with van der Waals surface area (Å²) in [5, 5.41) is 3.83. The highest BCUT2D eigenvalue weighted by Gasteiger charge is 2.21. The highest BCUT2D eigenvalue weighted by molar-refractivity contribution is 7.92. The highest BCUT2D eigenvalue weighted by Crippen LogP contribution is 2.32. The molecular weight excluding hydrogens is 370 g/mol. The minimum Gasteiger partial charge on any atom is -0.497 e. The van der Waals surface area contributed by atoms with Gasteiger partial charge in [-0.3, -0.25) is 4.72 Å². The summed E-state index contributed by atoms with van der Waals surface area (Å²) >= 11 is 0. The number of aryl methyl sites for hydroxylation is 2. The van der Waals surface area contributed by atoms with Crippen molar-refractivity contribution in [2.45, 2.75) is 18.7 Å². The lowest BCUT2D eigenvalue weighted by atomic mass is 10.1. The first-order chi connectivity index (χ1) is 12.8. The van der Waals surface area contributed by atoms with Crippen molar-refractivity contribution in [1.82, 2.24) is 10.1 Å². The van der Waals surface area contributed by atoms with Crippen LogP contribution in [0.15, 0.2) is 45.8 Å². The van der Waals surface area contributed by atoms with E-state index < -0.39 is 10.0 Å². The lowest BCUT2D eigenvalue weighted by Gasteiger charge is -2.14. The van der Waals surface area contributed by atoms with Gasteiger partial charge in [0.15, 0.2) is 0 Å². The van der Waals surface area contributed by atoms with Crippen molar-refractivity contribution >= 4 is 15.7 Å². The van der Waals surface area contributed by atoms with E-state index >= 15 is 0 Å². The third-order valence-electron chi connectivity index (χ3n) is 3.92. The number of hydrogen-bond acceptors (Lipinski definition) is 7. The molecule has 0 bridgehead atoms. The molecule has 0 unspecified atom stereocenters. The molecule has 1 aromatic heterocycles. The number of anilines is 1. The maximum absolute atomic E-state index is 13.0. The molecule has 1 heterocycles. The number of rotatable bonds is 6. The number of sulfonamides is 1. The van der Waals surface area contributed by atoms with Gasteiger partial charge < -0.3 is 14.0 Å². The fraction of sp³-hybridized carbons (Fsp3) is 0.222. The van der Waals surface area contributed by atoms with Gasteiger partial charge in [0.05, 0.1) is 24.8 Å². The normalized spacial score (nSPS) is 11.3. The van der Waals surface area contributed by atoms with E-state index in [9.17, 15) is 8.42 Å². The largest absolute Gasteiger partial charge is 0.497 e. The molecule has 0 fully saturated rings. The molecule has 9 heteroatoms. The monoisotopic (exact) mass is 389 g/mol. The maximum Gasteiger partial charge on any atom is 0.262 e. The van der Waals surface area contributed by atoms with Crippen molar-refractivity contribution in [3.63, 3.8) is 0 Å². The molecule has 0 saturated heterocycles. The third-order valence-corrected chi connectivity index (χ3v) is 5.42. The van der Waals surface area contributed by atoms with E-state index in [1.165, 1.54) is 20.3 Å². The third kappa shape index (κ3) is 3.87. The Hall–Kier alpha value is -3.07. The highest BCUT2D eigenvalue weighted by atomic mass is 32.2. The summed E-state index contributed by atoms with van der Waals surface area (Å²) in [6, 6.07) is 9.78. The summed E-state index contributed by atoms with van der Waals surface area (Å²) < 4.78 is 43.9. The van der Waals surface area contributed by atoms with E-state index in [0.29, 0.717) is 40.0 Å². The Labute approximate surface area is 157 Å². The Bertz CT molecular complexity index is 1080. The molecular formula is C18H19N3O5S. The van der Waals surface area contributed by atoms with Crippen LogP contribution in [0.1, 0.15) is 11.5 Å². The summed E-state index contributed by atoms with van der Waals surface area (Å²) in [5.41, 5.74) is 1.43. The van der Waals surface area contributed by atoms with Gasteiger partial charge in [-0.1, -0.05) is 17.3 Å². The van der Waals surface area contributed by atoms with E-state index in [-0.39, 0.29) is 4.90 Å². The van der Waals surface area contributed by atoms with Gasteiger partial charge in [-0.05, 0) is 30.7 Å². The van der Waals surface area contributed by atoms with Crippen molar-refractivity contribution < 1.29 is 22.4 Å². The average molecular weight is 389 g/mol. The quantitative estimate of drug-likeness (QED) is 0.690. The molecule has 0 aliphatic heterocycles. The minimum atomic E-state index is -3.88.